The number of carbonyl (C=O) groups excluding carboxylic acids is 2. The fourth-order valence-electron chi connectivity index (χ4n) is 3.16. The lowest BCUT2D eigenvalue weighted by Gasteiger charge is -2.15. The Balaban J connectivity index is 3.66. The maximum Gasteiger partial charge on any atom is 0.306 e. The third-order valence-corrected chi connectivity index (χ3v) is 5.01. The van der Waals surface area contributed by atoms with Crippen LogP contribution in [-0.2, 0) is 19.1 Å². The van der Waals surface area contributed by atoms with Gasteiger partial charge >= 0.3 is 11.9 Å². The van der Waals surface area contributed by atoms with Gasteiger partial charge in [0.25, 0.3) is 0 Å². The third-order valence-electron chi connectivity index (χ3n) is 5.01. The van der Waals surface area contributed by atoms with Crippen molar-refractivity contribution in [3.63, 3.8) is 0 Å². The molecule has 0 aliphatic heterocycles. The maximum absolute atomic E-state index is 11.9. The van der Waals surface area contributed by atoms with Crippen LogP contribution in [0.1, 0.15) is 103 Å². The van der Waals surface area contributed by atoms with Gasteiger partial charge in [-0.3, -0.25) is 9.59 Å². The molecule has 0 unspecified atom stereocenters. The van der Waals surface area contributed by atoms with E-state index in [1.807, 2.05) is 12.2 Å². The van der Waals surface area contributed by atoms with Crippen molar-refractivity contribution in [3.8, 4) is 0 Å². The van der Waals surface area contributed by atoms with Crippen LogP contribution in [0.15, 0.2) is 25.3 Å². The summed E-state index contributed by atoms with van der Waals surface area (Å²) in [5.74, 6) is -0.638. The molecule has 0 heterocycles. The number of aliphatic hydroxyl groups is 1. The summed E-state index contributed by atoms with van der Waals surface area (Å²) in [6.07, 6.45) is 18.9. The van der Waals surface area contributed by atoms with E-state index < -0.39 is 6.10 Å². The summed E-state index contributed by atoms with van der Waals surface area (Å²) in [5.41, 5.74) is 0. The second kappa shape index (κ2) is 22.1. The molecule has 0 fully saturated rings. The van der Waals surface area contributed by atoms with Crippen molar-refractivity contribution in [2.45, 2.75) is 109 Å². The highest BCUT2D eigenvalue weighted by atomic mass is 16.6. The number of rotatable bonds is 22. The lowest BCUT2D eigenvalue weighted by Crippen LogP contribution is -2.28. The summed E-state index contributed by atoms with van der Waals surface area (Å²) in [4.78, 5) is 23.7. The molecule has 0 aliphatic carbocycles. The highest BCUT2D eigenvalue weighted by Crippen LogP contribution is 2.11. The molecule has 0 aromatic heterocycles. The van der Waals surface area contributed by atoms with Crippen molar-refractivity contribution < 1.29 is 24.2 Å². The predicted molar refractivity (Wildman–Crippen MR) is 122 cm³/mol. The first-order chi connectivity index (χ1) is 14.6. The Labute approximate surface area is 183 Å². The van der Waals surface area contributed by atoms with Gasteiger partial charge in [0.2, 0.25) is 0 Å². The molecule has 0 aliphatic rings. The highest BCUT2D eigenvalue weighted by molar-refractivity contribution is 5.70. The quantitative estimate of drug-likeness (QED) is 0.130. The fourth-order valence-corrected chi connectivity index (χ4v) is 3.16. The van der Waals surface area contributed by atoms with Crippen LogP contribution < -0.4 is 0 Å². The molecule has 0 spiro atoms. The molecule has 30 heavy (non-hydrogen) atoms. The minimum absolute atomic E-state index is 0.0775. The third kappa shape index (κ3) is 19.7. The van der Waals surface area contributed by atoms with Gasteiger partial charge in [-0.2, -0.15) is 0 Å². The highest BCUT2D eigenvalue weighted by Gasteiger charge is 2.16. The van der Waals surface area contributed by atoms with E-state index in [-0.39, 0.29) is 25.2 Å². The van der Waals surface area contributed by atoms with E-state index in [1.165, 1.54) is 38.5 Å². The molecule has 0 saturated heterocycles. The summed E-state index contributed by atoms with van der Waals surface area (Å²) in [6.45, 7) is 7.01. The SMILES string of the molecule is C=CCCCCCCCCC(=O)OC[C@@H](CO)OC(=O)CCCCCCCCC=C. The van der Waals surface area contributed by atoms with Gasteiger partial charge < -0.3 is 14.6 Å². The van der Waals surface area contributed by atoms with Crippen molar-refractivity contribution >= 4 is 11.9 Å². The monoisotopic (exact) mass is 424 g/mol. The first kappa shape index (κ1) is 28.4. The summed E-state index contributed by atoms with van der Waals surface area (Å²) >= 11 is 0. The Morgan fingerprint density at radius 1 is 0.700 bits per heavy atom. The minimum Gasteiger partial charge on any atom is -0.462 e. The number of carbonyl (C=O) groups is 2. The van der Waals surface area contributed by atoms with Crippen LogP contribution in [0.2, 0.25) is 0 Å². The molecule has 0 rings (SSSR count). The number of hydrogen-bond acceptors (Lipinski definition) is 5. The molecule has 1 N–H and O–H groups in total. The van der Waals surface area contributed by atoms with Crippen LogP contribution in [0.25, 0.3) is 0 Å². The Kier molecular flexibility index (Phi) is 20.9. The van der Waals surface area contributed by atoms with Gasteiger partial charge in [0.1, 0.15) is 6.61 Å². The van der Waals surface area contributed by atoms with Crippen LogP contribution in [-0.4, -0.2) is 36.4 Å². The Morgan fingerprint density at radius 3 is 1.60 bits per heavy atom. The molecular formula is C25H44O5. The van der Waals surface area contributed by atoms with Gasteiger partial charge in [0, 0.05) is 12.8 Å². The molecule has 0 saturated carbocycles. The van der Waals surface area contributed by atoms with Gasteiger partial charge in [-0.25, -0.2) is 0 Å². The zero-order chi connectivity index (χ0) is 22.3. The average Bonchev–Trinajstić information content (AvgIpc) is 2.74. The number of ether oxygens (including phenoxy) is 2. The Bertz CT molecular complexity index is 447. The normalized spacial score (nSPS) is 11.6. The summed E-state index contributed by atoms with van der Waals surface area (Å²) in [6, 6.07) is 0. The zero-order valence-corrected chi connectivity index (χ0v) is 19.0. The van der Waals surface area contributed by atoms with Crippen LogP contribution in [0.4, 0.5) is 0 Å². The molecule has 0 aromatic rings. The number of allylic oxidation sites excluding steroid dienone is 2. The van der Waals surface area contributed by atoms with Crippen LogP contribution in [0, 0.1) is 0 Å². The lowest BCUT2D eigenvalue weighted by atomic mass is 10.1. The van der Waals surface area contributed by atoms with Crippen molar-refractivity contribution in [2.75, 3.05) is 13.2 Å². The van der Waals surface area contributed by atoms with E-state index >= 15 is 0 Å². The van der Waals surface area contributed by atoms with Crippen LogP contribution in [0.3, 0.4) is 0 Å². The van der Waals surface area contributed by atoms with Crippen molar-refractivity contribution in [1.82, 2.24) is 0 Å². The summed E-state index contributed by atoms with van der Waals surface area (Å²) in [5, 5.41) is 9.35. The van der Waals surface area contributed by atoms with Gasteiger partial charge in [0.15, 0.2) is 6.10 Å². The van der Waals surface area contributed by atoms with E-state index in [1.54, 1.807) is 0 Å². The molecule has 174 valence electrons. The molecule has 0 bridgehead atoms. The van der Waals surface area contributed by atoms with Crippen LogP contribution >= 0.6 is 0 Å². The summed E-state index contributed by atoms with van der Waals surface area (Å²) in [7, 11) is 0. The van der Waals surface area contributed by atoms with Crippen molar-refractivity contribution in [1.29, 1.82) is 0 Å². The molecule has 0 amide bonds. The molecule has 0 radical (unpaired) electrons. The molecule has 5 heteroatoms. The van der Waals surface area contributed by atoms with Crippen LogP contribution in [0.5, 0.6) is 0 Å². The summed E-state index contributed by atoms with van der Waals surface area (Å²) < 4.78 is 10.4. The average molecular weight is 425 g/mol. The zero-order valence-electron chi connectivity index (χ0n) is 19.0. The van der Waals surface area contributed by atoms with Crippen molar-refractivity contribution in [3.05, 3.63) is 25.3 Å². The Hall–Kier alpha value is -1.62. The lowest BCUT2D eigenvalue weighted by molar-refractivity contribution is -0.161. The molecule has 1 atom stereocenters. The topological polar surface area (TPSA) is 72.8 Å². The second-order valence-corrected chi connectivity index (χ2v) is 7.87. The van der Waals surface area contributed by atoms with E-state index in [4.69, 9.17) is 9.47 Å². The number of hydrogen-bond donors (Lipinski definition) is 1. The maximum atomic E-state index is 11.9. The molecule has 0 aromatic carbocycles. The predicted octanol–water partition coefficient (Wildman–Crippen LogP) is 6.05. The number of unbranched alkanes of at least 4 members (excludes halogenated alkanes) is 12. The van der Waals surface area contributed by atoms with E-state index in [0.29, 0.717) is 12.8 Å². The van der Waals surface area contributed by atoms with Gasteiger partial charge in [-0.1, -0.05) is 63.5 Å². The van der Waals surface area contributed by atoms with Gasteiger partial charge in [0.05, 0.1) is 6.61 Å². The van der Waals surface area contributed by atoms with E-state index in [9.17, 15) is 14.7 Å². The molecular weight excluding hydrogens is 380 g/mol. The van der Waals surface area contributed by atoms with Gasteiger partial charge in [-0.15, -0.1) is 13.2 Å². The first-order valence-electron chi connectivity index (χ1n) is 11.8. The Morgan fingerprint density at radius 2 is 1.13 bits per heavy atom. The largest absolute Gasteiger partial charge is 0.462 e. The standard InChI is InChI=1S/C25H44O5/c1-3-5-7-9-11-13-15-17-19-24(27)29-22-23(21-26)30-25(28)20-18-16-14-12-10-8-6-4-2/h3-4,23,26H,1-2,5-22H2/t23-/m1/s1. The number of esters is 2. The number of aliphatic hydroxyl groups excluding tert-OH is 1. The fraction of sp³-hybridized carbons (Fsp3) is 0.760. The minimum atomic E-state index is -0.773. The van der Waals surface area contributed by atoms with Crippen molar-refractivity contribution in [2.24, 2.45) is 0 Å². The van der Waals surface area contributed by atoms with E-state index in [2.05, 4.69) is 13.2 Å². The van der Waals surface area contributed by atoms with Gasteiger partial charge in [-0.05, 0) is 38.5 Å². The first-order valence-corrected chi connectivity index (χ1v) is 11.8. The molecule has 5 nitrogen and oxygen atoms in total. The smallest absolute Gasteiger partial charge is 0.306 e. The van der Waals surface area contributed by atoms with E-state index in [0.717, 1.165) is 51.4 Å². The second-order valence-electron chi connectivity index (χ2n) is 7.87.